The van der Waals surface area contributed by atoms with Crippen LogP contribution in [-0.2, 0) is 6.54 Å². The average Bonchev–Trinajstić information content (AvgIpc) is 2.38. The van der Waals surface area contributed by atoms with Crippen molar-refractivity contribution < 1.29 is 23.4 Å². The second-order valence-electron chi connectivity index (χ2n) is 5.61. The molecule has 1 aromatic rings. The second-order valence-corrected chi connectivity index (χ2v) is 5.61. The molecule has 2 N–H and O–H groups in total. The fourth-order valence-electron chi connectivity index (χ4n) is 1.96. The minimum atomic E-state index is -2.88. The molecule has 120 valence electrons. The molecule has 4 nitrogen and oxygen atoms in total. The summed E-state index contributed by atoms with van der Waals surface area (Å²) in [4.78, 5) is 0. The molecule has 0 spiro atoms. The maximum absolute atomic E-state index is 12.3. The number of benzene rings is 1. The summed E-state index contributed by atoms with van der Waals surface area (Å²) in [6.07, 6.45) is 0.697. The van der Waals surface area contributed by atoms with Crippen molar-refractivity contribution in [3.8, 4) is 11.5 Å². The van der Waals surface area contributed by atoms with Crippen molar-refractivity contribution in [1.29, 1.82) is 0 Å². The van der Waals surface area contributed by atoms with Crippen molar-refractivity contribution >= 4 is 0 Å². The van der Waals surface area contributed by atoms with Crippen molar-refractivity contribution in [2.24, 2.45) is 5.41 Å². The summed E-state index contributed by atoms with van der Waals surface area (Å²) >= 11 is 0. The predicted molar refractivity (Wildman–Crippen MR) is 76.8 cm³/mol. The Morgan fingerprint density at radius 3 is 2.57 bits per heavy atom. The van der Waals surface area contributed by atoms with Gasteiger partial charge in [0, 0.05) is 19.7 Å². The number of hydrogen-bond acceptors (Lipinski definition) is 4. The molecule has 0 aliphatic heterocycles. The largest absolute Gasteiger partial charge is 0.493 e. The van der Waals surface area contributed by atoms with Crippen LogP contribution < -0.4 is 14.8 Å². The molecule has 0 amide bonds. The highest BCUT2D eigenvalue weighted by atomic mass is 19.3. The first kappa shape index (κ1) is 17.7. The molecule has 0 heterocycles. The average molecular weight is 303 g/mol. The molecule has 0 unspecified atom stereocenters. The van der Waals surface area contributed by atoms with Gasteiger partial charge in [-0.15, -0.1) is 0 Å². The molecule has 21 heavy (non-hydrogen) atoms. The number of aliphatic hydroxyl groups excluding tert-OH is 1. The fraction of sp³-hybridized carbons (Fsp3) is 0.600. The molecule has 1 aromatic carbocycles. The number of methoxy groups -OCH3 is 1. The molecular weight excluding hydrogens is 280 g/mol. The molecule has 0 radical (unpaired) electrons. The van der Waals surface area contributed by atoms with E-state index in [-0.39, 0.29) is 23.5 Å². The van der Waals surface area contributed by atoms with Gasteiger partial charge in [0.15, 0.2) is 11.5 Å². The Hall–Kier alpha value is -1.40. The van der Waals surface area contributed by atoms with E-state index in [1.165, 1.54) is 13.2 Å². The Morgan fingerprint density at radius 2 is 2.00 bits per heavy atom. The van der Waals surface area contributed by atoms with Gasteiger partial charge in [-0.3, -0.25) is 0 Å². The number of aliphatic hydroxyl groups is 1. The molecule has 0 aliphatic carbocycles. The van der Waals surface area contributed by atoms with Crippen LogP contribution in [0, 0.1) is 5.41 Å². The van der Waals surface area contributed by atoms with Crippen LogP contribution in [0.2, 0.25) is 0 Å². The molecule has 0 aliphatic rings. The first-order valence-corrected chi connectivity index (χ1v) is 6.81. The summed E-state index contributed by atoms with van der Waals surface area (Å²) < 4.78 is 34.1. The van der Waals surface area contributed by atoms with Gasteiger partial charge in [0.2, 0.25) is 0 Å². The zero-order chi connectivity index (χ0) is 15.9. The van der Waals surface area contributed by atoms with Gasteiger partial charge in [-0.25, -0.2) is 0 Å². The maximum Gasteiger partial charge on any atom is 0.387 e. The van der Waals surface area contributed by atoms with E-state index in [0.717, 1.165) is 5.56 Å². The lowest BCUT2D eigenvalue weighted by molar-refractivity contribution is -0.0512. The lowest BCUT2D eigenvalue weighted by Gasteiger charge is -2.24. The number of nitrogens with one attached hydrogen (secondary N) is 1. The minimum absolute atomic E-state index is 0.0243. The van der Waals surface area contributed by atoms with Gasteiger partial charge in [0.05, 0.1) is 7.11 Å². The van der Waals surface area contributed by atoms with Crippen LogP contribution in [0.15, 0.2) is 18.2 Å². The summed E-state index contributed by atoms with van der Waals surface area (Å²) in [5.41, 5.74) is 0.801. The normalized spacial score (nSPS) is 11.8. The zero-order valence-electron chi connectivity index (χ0n) is 12.7. The molecule has 6 heteroatoms. The van der Waals surface area contributed by atoms with Crippen LogP contribution in [0.4, 0.5) is 8.78 Å². The monoisotopic (exact) mass is 303 g/mol. The third-order valence-electron chi connectivity index (χ3n) is 3.17. The first-order valence-electron chi connectivity index (χ1n) is 6.81. The van der Waals surface area contributed by atoms with Gasteiger partial charge >= 0.3 is 6.61 Å². The number of alkyl halides is 2. The first-order chi connectivity index (χ1) is 9.88. The standard InChI is InChI=1S/C15H23F2NO3/c1-15(2,6-7-19)10-18-9-11-4-5-12(20-3)13(8-11)21-14(16)17/h4-5,8,14,18-19H,6-7,9-10H2,1-3H3. The topological polar surface area (TPSA) is 50.7 Å². The highest BCUT2D eigenvalue weighted by Crippen LogP contribution is 2.29. The summed E-state index contributed by atoms with van der Waals surface area (Å²) in [6, 6.07) is 4.94. The number of halogens is 2. The van der Waals surface area contributed by atoms with Crippen molar-refractivity contribution in [3.05, 3.63) is 23.8 Å². The second kappa shape index (κ2) is 8.14. The predicted octanol–water partition coefficient (Wildman–Crippen LogP) is 2.79. The summed E-state index contributed by atoms with van der Waals surface area (Å²) in [5.74, 6) is 0.307. The quantitative estimate of drug-likeness (QED) is 0.736. The fourth-order valence-corrected chi connectivity index (χ4v) is 1.96. The molecule has 1 rings (SSSR count). The molecule has 0 aromatic heterocycles. The van der Waals surface area contributed by atoms with Gasteiger partial charge in [0.1, 0.15) is 0 Å². The lowest BCUT2D eigenvalue weighted by atomic mass is 9.90. The lowest BCUT2D eigenvalue weighted by Crippen LogP contribution is -2.29. The van der Waals surface area contributed by atoms with E-state index in [1.807, 2.05) is 0 Å². The Balaban J connectivity index is 2.63. The van der Waals surface area contributed by atoms with Crippen molar-refractivity contribution in [2.45, 2.75) is 33.4 Å². The number of rotatable bonds is 9. The van der Waals surface area contributed by atoms with Crippen LogP contribution in [0.25, 0.3) is 0 Å². The summed E-state index contributed by atoms with van der Waals surface area (Å²) in [5, 5.41) is 12.2. The van der Waals surface area contributed by atoms with Crippen LogP contribution in [0.3, 0.4) is 0 Å². The van der Waals surface area contributed by atoms with Gasteiger partial charge < -0.3 is 19.9 Å². The van der Waals surface area contributed by atoms with Crippen LogP contribution >= 0.6 is 0 Å². The van der Waals surface area contributed by atoms with Gasteiger partial charge in [-0.05, 0) is 29.5 Å². The summed E-state index contributed by atoms with van der Waals surface area (Å²) in [7, 11) is 1.41. The summed E-state index contributed by atoms with van der Waals surface area (Å²) in [6.45, 7) is 2.60. The third kappa shape index (κ3) is 6.27. The molecule has 0 bridgehead atoms. The van der Waals surface area contributed by atoms with Crippen LogP contribution in [-0.4, -0.2) is 32.0 Å². The minimum Gasteiger partial charge on any atom is -0.493 e. The van der Waals surface area contributed by atoms with E-state index >= 15 is 0 Å². The molecule has 0 saturated heterocycles. The van der Waals surface area contributed by atoms with Gasteiger partial charge in [-0.1, -0.05) is 19.9 Å². The Bertz CT molecular complexity index is 439. The Kier molecular flexibility index (Phi) is 6.84. The van der Waals surface area contributed by atoms with E-state index in [4.69, 9.17) is 9.84 Å². The SMILES string of the molecule is COc1ccc(CNCC(C)(C)CCO)cc1OC(F)F. The highest BCUT2D eigenvalue weighted by molar-refractivity contribution is 5.42. The molecular formula is C15H23F2NO3. The third-order valence-corrected chi connectivity index (χ3v) is 3.17. The van der Waals surface area contributed by atoms with Crippen molar-refractivity contribution in [3.63, 3.8) is 0 Å². The highest BCUT2D eigenvalue weighted by Gasteiger charge is 2.16. The maximum atomic E-state index is 12.3. The smallest absolute Gasteiger partial charge is 0.387 e. The molecule has 0 saturated carbocycles. The Morgan fingerprint density at radius 1 is 1.29 bits per heavy atom. The number of ether oxygens (including phenoxy) is 2. The molecule has 0 atom stereocenters. The van der Waals surface area contributed by atoms with Gasteiger partial charge in [-0.2, -0.15) is 8.78 Å². The van der Waals surface area contributed by atoms with Crippen LogP contribution in [0.5, 0.6) is 11.5 Å². The Labute approximate surface area is 124 Å². The molecule has 0 fully saturated rings. The van der Waals surface area contributed by atoms with E-state index < -0.39 is 6.61 Å². The van der Waals surface area contributed by atoms with E-state index in [0.29, 0.717) is 19.5 Å². The van der Waals surface area contributed by atoms with Crippen molar-refractivity contribution in [2.75, 3.05) is 20.3 Å². The van der Waals surface area contributed by atoms with Gasteiger partial charge in [0.25, 0.3) is 0 Å². The van der Waals surface area contributed by atoms with Crippen LogP contribution in [0.1, 0.15) is 25.8 Å². The number of hydrogen-bond donors (Lipinski definition) is 2. The van der Waals surface area contributed by atoms with E-state index in [1.54, 1.807) is 12.1 Å². The van der Waals surface area contributed by atoms with E-state index in [9.17, 15) is 8.78 Å². The van der Waals surface area contributed by atoms with Crippen molar-refractivity contribution in [1.82, 2.24) is 5.32 Å². The zero-order valence-corrected chi connectivity index (χ0v) is 12.7. The van der Waals surface area contributed by atoms with E-state index in [2.05, 4.69) is 23.9 Å².